The molecule has 0 radical (unpaired) electrons. The molecular formula is C19H21N5O4. The summed E-state index contributed by atoms with van der Waals surface area (Å²) in [7, 11) is 0. The Labute approximate surface area is 161 Å². The fraction of sp³-hybridized carbons (Fsp3) is 0.316. The van der Waals surface area contributed by atoms with Crippen molar-refractivity contribution >= 4 is 23.1 Å². The molecule has 0 bridgehead atoms. The van der Waals surface area contributed by atoms with Crippen molar-refractivity contribution in [2.24, 2.45) is 0 Å². The van der Waals surface area contributed by atoms with Crippen molar-refractivity contribution in [3.05, 3.63) is 54.6 Å². The quantitative estimate of drug-likeness (QED) is 0.487. The van der Waals surface area contributed by atoms with Crippen molar-refractivity contribution in [2.45, 2.75) is 24.5 Å². The Morgan fingerprint density at radius 1 is 1.11 bits per heavy atom. The van der Waals surface area contributed by atoms with Gasteiger partial charge in [0.1, 0.15) is 24.6 Å². The lowest BCUT2D eigenvalue weighted by atomic mass is 10.1. The average molecular weight is 383 g/mol. The van der Waals surface area contributed by atoms with Crippen molar-refractivity contribution in [2.75, 3.05) is 18.5 Å². The normalized spacial score (nSPS) is 25.0. The fourth-order valence-corrected chi connectivity index (χ4v) is 3.19. The third kappa shape index (κ3) is 3.48. The Kier molecular flexibility index (Phi) is 5.31. The summed E-state index contributed by atoms with van der Waals surface area (Å²) in [6.07, 6.45) is 2.72. The standard InChI is InChI=1S/C19H21N5O4/c25-9-13-15(26)16(27)19(28-13)24-11-23-14-17(21-10-22-18(14)24)20-8-4-7-12-5-2-1-3-6-12/h1-7,10-11,13,15-16,19,25-27H,8-9H2,(H,20,21,22)/b7-4+/t13-,15-,16-,19?/m1/s1. The van der Waals surface area contributed by atoms with Crippen LogP contribution in [-0.2, 0) is 4.74 Å². The van der Waals surface area contributed by atoms with Crippen molar-refractivity contribution in [1.29, 1.82) is 0 Å². The smallest absolute Gasteiger partial charge is 0.167 e. The Hall–Kier alpha value is -2.85. The monoisotopic (exact) mass is 383 g/mol. The van der Waals surface area contributed by atoms with E-state index < -0.39 is 31.1 Å². The number of fused-ring (bicyclic) bond motifs is 1. The SMILES string of the molecule is OC[C@H]1OC(n2cnc3c(NC/C=C/c4ccccc4)ncnc32)[C@H](O)[C@@H]1O. The first-order chi connectivity index (χ1) is 13.7. The van der Waals surface area contributed by atoms with Crippen LogP contribution in [0.25, 0.3) is 17.2 Å². The predicted octanol–water partition coefficient (Wildman–Crippen LogP) is 0.563. The highest BCUT2D eigenvalue weighted by atomic mass is 16.6. The van der Waals surface area contributed by atoms with Crippen LogP contribution in [0.4, 0.5) is 5.82 Å². The van der Waals surface area contributed by atoms with Gasteiger partial charge in [-0.2, -0.15) is 0 Å². The van der Waals surface area contributed by atoms with Crippen LogP contribution in [0.15, 0.2) is 49.1 Å². The van der Waals surface area contributed by atoms with Crippen molar-refractivity contribution in [1.82, 2.24) is 19.5 Å². The lowest BCUT2D eigenvalue weighted by Gasteiger charge is -2.16. The van der Waals surface area contributed by atoms with E-state index in [1.807, 2.05) is 42.5 Å². The number of nitrogens with zero attached hydrogens (tertiary/aromatic N) is 4. The Morgan fingerprint density at radius 3 is 2.68 bits per heavy atom. The molecule has 0 spiro atoms. The number of benzene rings is 1. The second-order valence-corrected chi connectivity index (χ2v) is 6.47. The van der Waals surface area contributed by atoms with E-state index in [9.17, 15) is 15.3 Å². The summed E-state index contributed by atoms with van der Waals surface area (Å²) in [5.41, 5.74) is 2.08. The molecule has 1 saturated heterocycles. The first kappa shape index (κ1) is 18.5. The summed E-state index contributed by atoms with van der Waals surface area (Å²) >= 11 is 0. The summed E-state index contributed by atoms with van der Waals surface area (Å²) in [6, 6.07) is 9.96. The van der Waals surface area contributed by atoms with Gasteiger partial charge in [-0.1, -0.05) is 42.5 Å². The highest BCUT2D eigenvalue weighted by molar-refractivity contribution is 5.82. The summed E-state index contributed by atoms with van der Waals surface area (Å²) in [5.74, 6) is 0.549. The molecule has 1 aliphatic rings. The number of ether oxygens (including phenoxy) is 1. The van der Waals surface area contributed by atoms with Gasteiger partial charge >= 0.3 is 0 Å². The maximum absolute atomic E-state index is 10.2. The van der Waals surface area contributed by atoms with E-state index in [0.29, 0.717) is 23.5 Å². The van der Waals surface area contributed by atoms with Crippen molar-refractivity contribution in [3.63, 3.8) is 0 Å². The second kappa shape index (κ2) is 8.03. The van der Waals surface area contributed by atoms with Crippen molar-refractivity contribution < 1.29 is 20.1 Å². The zero-order valence-electron chi connectivity index (χ0n) is 15.0. The Morgan fingerprint density at radius 2 is 1.93 bits per heavy atom. The topological polar surface area (TPSA) is 126 Å². The number of nitrogens with one attached hydrogen (secondary N) is 1. The van der Waals surface area contributed by atoms with E-state index in [-0.39, 0.29) is 0 Å². The molecule has 1 unspecified atom stereocenters. The molecule has 3 aromatic rings. The molecule has 9 heteroatoms. The Balaban J connectivity index is 1.52. The highest BCUT2D eigenvalue weighted by Crippen LogP contribution is 2.32. The lowest BCUT2D eigenvalue weighted by molar-refractivity contribution is -0.0511. The number of imidazole rings is 1. The fourth-order valence-electron chi connectivity index (χ4n) is 3.19. The summed E-state index contributed by atoms with van der Waals surface area (Å²) in [6.45, 7) is 0.151. The van der Waals surface area contributed by atoms with Gasteiger partial charge in [-0.3, -0.25) is 4.57 Å². The van der Waals surface area contributed by atoms with E-state index in [2.05, 4.69) is 20.3 Å². The third-order valence-electron chi connectivity index (χ3n) is 4.65. The molecule has 146 valence electrons. The van der Waals surface area contributed by atoms with Gasteiger partial charge in [0.25, 0.3) is 0 Å². The molecule has 2 aromatic heterocycles. The van der Waals surface area contributed by atoms with Gasteiger partial charge in [-0.15, -0.1) is 0 Å². The minimum atomic E-state index is -1.20. The van der Waals surface area contributed by atoms with E-state index in [0.717, 1.165) is 5.56 Å². The Bertz CT molecular complexity index is 961. The van der Waals surface area contributed by atoms with Crippen LogP contribution in [0.5, 0.6) is 0 Å². The number of aliphatic hydroxyl groups is 3. The van der Waals surface area contributed by atoms with Gasteiger partial charge in [0.15, 0.2) is 23.2 Å². The number of aliphatic hydroxyl groups excluding tert-OH is 3. The van der Waals surface area contributed by atoms with Gasteiger partial charge < -0.3 is 25.4 Å². The molecule has 0 aliphatic carbocycles. The van der Waals surface area contributed by atoms with E-state index in [1.54, 1.807) is 0 Å². The van der Waals surface area contributed by atoms with Crippen LogP contribution in [0.1, 0.15) is 11.8 Å². The molecular weight excluding hydrogens is 362 g/mol. The van der Waals surface area contributed by atoms with Gasteiger partial charge in [-0.25, -0.2) is 15.0 Å². The second-order valence-electron chi connectivity index (χ2n) is 6.47. The van der Waals surface area contributed by atoms with E-state index in [4.69, 9.17) is 4.74 Å². The first-order valence-electron chi connectivity index (χ1n) is 8.94. The molecule has 4 rings (SSSR count). The minimum Gasteiger partial charge on any atom is -0.394 e. The van der Waals surface area contributed by atoms with Crippen molar-refractivity contribution in [3.8, 4) is 0 Å². The number of aromatic nitrogens is 4. The van der Waals surface area contributed by atoms with Gasteiger partial charge in [0.05, 0.1) is 12.9 Å². The molecule has 4 N–H and O–H groups in total. The summed E-state index contributed by atoms with van der Waals surface area (Å²) in [5, 5.41) is 32.7. The maximum Gasteiger partial charge on any atom is 0.167 e. The number of rotatable bonds is 6. The number of hydrogen-bond acceptors (Lipinski definition) is 8. The molecule has 0 saturated carbocycles. The number of hydrogen-bond donors (Lipinski definition) is 4. The van der Waals surface area contributed by atoms with Gasteiger partial charge in [-0.05, 0) is 5.56 Å². The third-order valence-corrected chi connectivity index (χ3v) is 4.65. The van der Waals surface area contributed by atoms with Crippen LogP contribution < -0.4 is 5.32 Å². The molecule has 4 atom stereocenters. The van der Waals surface area contributed by atoms with Crippen LogP contribution in [0.3, 0.4) is 0 Å². The average Bonchev–Trinajstić information content (AvgIpc) is 3.28. The summed E-state index contributed by atoms with van der Waals surface area (Å²) in [4.78, 5) is 12.8. The zero-order valence-corrected chi connectivity index (χ0v) is 15.0. The highest BCUT2D eigenvalue weighted by Gasteiger charge is 2.44. The first-order valence-corrected chi connectivity index (χ1v) is 8.94. The molecule has 0 amide bonds. The largest absolute Gasteiger partial charge is 0.394 e. The zero-order chi connectivity index (χ0) is 19.5. The molecule has 1 aliphatic heterocycles. The molecule has 3 heterocycles. The maximum atomic E-state index is 10.2. The summed E-state index contributed by atoms with van der Waals surface area (Å²) < 4.78 is 7.09. The van der Waals surface area contributed by atoms with Crippen LogP contribution >= 0.6 is 0 Å². The number of anilines is 1. The predicted molar refractivity (Wildman–Crippen MR) is 102 cm³/mol. The van der Waals surface area contributed by atoms with E-state index >= 15 is 0 Å². The van der Waals surface area contributed by atoms with Gasteiger partial charge in [0, 0.05) is 6.54 Å². The molecule has 9 nitrogen and oxygen atoms in total. The van der Waals surface area contributed by atoms with Crippen LogP contribution in [-0.4, -0.2) is 66.3 Å². The lowest BCUT2D eigenvalue weighted by Crippen LogP contribution is -2.33. The molecule has 1 aromatic carbocycles. The van der Waals surface area contributed by atoms with E-state index in [1.165, 1.54) is 17.2 Å². The molecule has 1 fully saturated rings. The van der Waals surface area contributed by atoms with Crippen LogP contribution in [0, 0.1) is 0 Å². The van der Waals surface area contributed by atoms with Gasteiger partial charge in [0.2, 0.25) is 0 Å². The molecule has 28 heavy (non-hydrogen) atoms. The van der Waals surface area contributed by atoms with Crippen LogP contribution in [0.2, 0.25) is 0 Å². The minimum absolute atomic E-state index is 0.392.